The molecule has 0 saturated carbocycles. The zero-order chi connectivity index (χ0) is 23.2. The molecule has 174 valence electrons. The fourth-order valence-corrected chi connectivity index (χ4v) is 6.42. The molecule has 2 unspecified atom stereocenters. The molecule has 1 aliphatic carbocycles. The van der Waals surface area contributed by atoms with Crippen LogP contribution in [-0.4, -0.2) is 28.8 Å². The van der Waals surface area contributed by atoms with Crippen LogP contribution in [0.1, 0.15) is 28.7 Å². The number of ether oxygens (including phenoxy) is 2. The van der Waals surface area contributed by atoms with E-state index in [-0.39, 0.29) is 5.41 Å². The van der Waals surface area contributed by atoms with E-state index in [1.165, 1.54) is 44.9 Å². The van der Waals surface area contributed by atoms with Gasteiger partial charge in [0.05, 0.1) is 5.41 Å². The Balaban J connectivity index is 1.37. The van der Waals surface area contributed by atoms with Crippen molar-refractivity contribution in [2.24, 2.45) is 0 Å². The van der Waals surface area contributed by atoms with E-state index >= 15 is 0 Å². The predicted octanol–water partition coefficient (Wildman–Crippen LogP) is 7.39. The van der Waals surface area contributed by atoms with E-state index in [2.05, 4.69) is 97.1 Å². The van der Waals surface area contributed by atoms with Gasteiger partial charge in [-0.25, -0.2) is 0 Å². The Labute approximate surface area is 215 Å². The molecule has 0 aromatic heterocycles. The van der Waals surface area contributed by atoms with Crippen LogP contribution in [0.2, 0.25) is 0 Å². The summed E-state index contributed by atoms with van der Waals surface area (Å²) in [6, 6.07) is 35.3. The molecule has 2 aliphatic heterocycles. The Kier molecular flexibility index (Phi) is 5.33. The van der Waals surface area contributed by atoms with Crippen LogP contribution in [0, 0.1) is 0 Å². The Bertz CT molecular complexity index is 1310. The molecule has 4 heteroatoms. The molecule has 2 nitrogen and oxygen atoms in total. The third-order valence-corrected chi connectivity index (χ3v) is 9.41. The Morgan fingerprint density at radius 1 is 0.686 bits per heavy atom. The summed E-state index contributed by atoms with van der Waals surface area (Å²) < 4.78 is 12.2. The van der Waals surface area contributed by atoms with Gasteiger partial charge in [-0.05, 0) is 57.6 Å². The summed E-state index contributed by atoms with van der Waals surface area (Å²) in [6.07, 6.45) is 1.13. The van der Waals surface area contributed by atoms with Crippen molar-refractivity contribution in [2.45, 2.75) is 22.5 Å². The van der Waals surface area contributed by atoms with Crippen molar-refractivity contribution in [3.05, 3.63) is 119 Å². The molecule has 2 saturated heterocycles. The maximum atomic E-state index is 6.16. The van der Waals surface area contributed by atoms with E-state index in [4.69, 9.17) is 9.47 Å². The highest BCUT2D eigenvalue weighted by Crippen LogP contribution is 2.56. The predicted molar refractivity (Wildman–Crippen MR) is 147 cm³/mol. The van der Waals surface area contributed by atoms with Gasteiger partial charge in [-0.3, -0.25) is 0 Å². The Morgan fingerprint density at radius 2 is 1.23 bits per heavy atom. The quantitative estimate of drug-likeness (QED) is 0.220. The average molecular weight is 495 g/mol. The zero-order valence-electron chi connectivity index (χ0n) is 19.4. The molecule has 3 aliphatic rings. The monoisotopic (exact) mass is 494 g/mol. The third kappa shape index (κ3) is 3.66. The van der Waals surface area contributed by atoms with Gasteiger partial charge in [0.1, 0.15) is 23.5 Å². The highest BCUT2D eigenvalue weighted by Gasteiger charge is 2.45. The van der Waals surface area contributed by atoms with Gasteiger partial charge in [-0.2, -0.15) is 11.8 Å². The number of hydrogen-bond donors (Lipinski definition) is 0. The van der Waals surface area contributed by atoms with E-state index in [1.807, 2.05) is 23.5 Å². The van der Waals surface area contributed by atoms with Gasteiger partial charge in [0.2, 0.25) is 0 Å². The molecule has 35 heavy (non-hydrogen) atoms. The summed E-state index contributed by atoms with van der Waals surface area (Å²) in [4.78, 5) is 0. The van der Waals surface area contributed by atoms with Crippen molar-refractivity contribution in [1.29, 1.82) is 0 Å². The summed E-state index contributed by atoms with van der Waals surface area (Å²) in [7, 11) is 0. The second-order valence-corrected chi connectivity index (χ2v) is 12.0. The van der Waals surface area contributed by atoms with Gasteiger partial charge in [0.25, 0.3) is 0 Å². The normalized spacial score (nSPS) is 20.9. The SMILES string of the molecule is c1ccc2c(c1)-c1ccccc1C2(c1ccc(OCC2CS2)cc1)c1ccc(OC2CCS2)cc1. The first-order valence-corrected chi connectivity index (χ1v) is 14.4. The molecule has 4 aromatic carbocycles. The van der Waals surface area contributed by atoms with Gasteiger partial charge in [-0.1, -0.05) is 72.8 Å². The summed E-state index contributed by atoms with van der Waals surface area (Å²) in [5.41, 5.74) is 7.68. The maximum absolute atomic E-state index is 6.16. The fourth-order valence-electron chi connectivity index (χ4n) is 5.42. The smallest absolute Gasteiger partial charge is 0.145 e. The first-order chi connectivity index (χ1) is 17.3. The number of thioether (sulfide) groups is 2. The molecule has 0 amide bonds. The number of hydrogen-bond acceptors (Lipinski definition) is 4. The molecule has 7 rings (SSSR count). The highest BCUT2D eigenvalue weighted by atomic mass is 32.2. The fraction of sp³-hybridized carbons (Fsp3) is 0.226. The first kappa shape index (κ1) is 21.5. The van der Waals surface area contributed by atoms with Gasteiger partial charge in [0, 0.05) is 23.2 Å². The topological polar surface area (TPSA) is 18.5 Å². The van der Waals surface area contributed by atoms with E-state index in [1.54, 1.807) is 0 Å². The summed E-state index contributed by atoms with van der Waals surface area (Å²) in [5.74, 6) is 4.30. The Morgan fingerprint density at radius 3 is 1.74 bits per heavy atom. The summed E-state index contributed by atoms with van der Waals surface area (Å²) >= 11 is 3.85. The lowest BCUT2D eigenvalue weighted by Gasteiger charge is -2.34. The minimum Gasteiger partial charge on any atom is -0.492 e. The molecule has 4 aromatic rings. The van der Waals surface area contributed by atoms with E-state index < -0.39 is 0 Å². The zero-order valence-corrected chi connectivity index (χ0v) is 21.0. The Hall–Kier alpha value is -2.82. The van der Waals surface area contributed by atoms with Crippen LogP contribution in [0.25, 0.3) is 11.1 Å². The van der Waals surface area contributed by atoms with Crippen LogP contribution in [0.15, 0.2) is 97.1 Å². The third-order valence-electron chi connectivity index (χ3n) is 7.29. The van der Waals surface area contributed by atoms with Crippen molar-refractivity contribution >= 4 is 23.5 Å². The van der Waals surface area contributed by atoms with Gasteiger partial charge in [-0.15, -0.1) is 11.8 Å². The lowest BCUT2D eigenvalue weighted by molar-refractivity contribution is 0.271. The molecular weight excluding hydrogens is 468 g/mol. The second kappa shape index (κ2) is 8.69. The van der Waals surface area contributed by atoms with Crippen molar-refractivity contribution in [3.63, 3.8) is 0 Å². The van der Waals surface area contributed by atoms with Crippen LogP contribution >= 0.6 is 23.5 Å². The lowest BCUT2D eigenvalue weighted by Crippen LogP contribution is -2.28. The molecule has 2 heterocycles. The largest absolute Gasteiger partial charge is 0.492 e. The van der Waals surface area contributed by atoms with E-state index in [0.29, 0.717) is 10.7 Å². The first-order valence-electron chi connectivity index (χ1n) is 12.3. The average Bonchev–Trinajstić information content (AvgIpc) is 3.67. The van der Waals surface area contributed by atoms with Gasteiger partial charge < -0.3 is 9.47 Å². The minimum absolute atomic E-state index is 0.296. The van der Waals surface area contributed by atoms with Crippen molar-refractivity contribution < 1.29 is 9.47 Å². The molecule has 2 atom stereocenters. The molecular formula is C31H26O2S2. The maximum Gasteiger partial charge on any atom is 0.145 e. The van der Waals surface area contributed by atoms with Crippen LogP contribution in [0.4, 0.5) is 0 Å². The summed E-state index contributed by atoms with van der Waals surface area (Å²) in [6.45, 7) is 0.793. The number of rotatable bonds is 7. The van der Waals surface area contributed by atoms with Crippen LogP contribution in [0.3, 0.4) is 0 Å². The van der Waals surface area contributed by atoms with Gasteiger partial charge >= 0.3 is 0 Å². The van der Waals surface area contributed by atoms with E-state index in [9.17, 15) is 0 Å². The van der Waals surface area contributed by atoms with Gasteiger partial charge in [0.15, 0.2) is 0 Å². The molecule has 0 bridgehead atoms. The number of fused-ring (bicyclic) bond motifs is 3. The van der Waals surface area contributed by atoms with Crippen molar-refractivity contribution in [3.8, 4) is 22.6 Å². The van der Waals surface area contributed by atoms with Crippen molar-refractivity contribution in [2.75, 3.05) is 18.1 Å². The molecule has 0 N–H and O–H groups in total. The second-order valence-electron chi connectivity index (χ2n) is 9.36. The van der Waals surface area contributed by atoms with Crippen LogP contribution < -0.4 is 9.47 Å². The van der Waals surface area contributed by atoms with Crippen LogP contribution in [0.5, 0.6) is 11.5 Å². The summed E-state index contributed by atoms with van der Waals surface area (Å²) in [5, 5.41) is 0.661. The van der Waals surface area contributed by atoms with E-state index in [0.717, 1.165) is 24.5 Å². The lowest BCUT2D eigenvalue weighted by atomic mass is 9.68. The molecule has 0 radical (unpaired) electrons. The minimum atomic E-state index is -0.387. The molecule has 0 spiro atoms. The number of benzene rings is 4. The molecule has 2 fully saturated rings. The standard InChI is InChI=1S/C31H26O2S2/c1-3-7-28-26(5-1)27-6-2-4-8-29(27)31(28,21-9-13-23(14-10-21)32-19-25-20-35-25)22-11-15-24(16-12-22)33-30-17-18-34-30/h1-16,25,30H,17-20H2. The highest BCUT2D eigenvalue weighted by molar-refractivity contribution is 8.06. The van der Waals surface area contributed by atoms with Crippen LogP contribution in [-0.2, 0) is 5.41 Å². The van der Waals surface area contributed by atoms with Crippen molar-refractivity contribution in [1.82, 2.24) is 0 Å².